The summed E-state index contributed by atoms with van der Waals surface area (Å²) in [5, 5.41) is 8.79. The topological polar surface area (TPSA) is 80.4 Å². The molecule has 0 fully saturated rings. The Bertz CT molecular complexity index is 466. The molecule has 0 aliphatic carbocycles. The van der Waals surface area contributed by atoms with Crippen LogP contribution in [0.15, 0.2) is 6.07 Å². The lowest BCUT2D eigenvalue weighted by atomic mass is 9.89. The van der Waals surface area contributed by atoms with E-state index in [0.29, 0.717) is 5.56 Å². The molecule has 92 valence electrons. The highest BCUT2D eigenvalue weighted by Crippen LogP contribution is 2.22. The summed E-state index contributed by atoms with van der Waals surface area (Å²) >= 11 is 0. The number of carboxylic acid groups (broad SMARTS) is 1. The summed E-state index contributed by atoms with van der Waals surface area (Å²) in [5.74, 6) is -1.83. The minimum Gasteiger partial charge on any atom is -0.480 e. The second-order valence-corrected chi connectivity index (χ2v) is 4.32. The van der Waals surface area contributed by atoms with Crippen molar-refractivity contribution in [2.75, 3.05) is 0 Å². The van der Waals surface area contributed by atoms with Gasteiger partial charge in [-0.2, -0.15) is 0 Å². The number of carboxylic acids is 1. The minimum absolute atomic E-state index is 0.442. The first kappa shape index (κ1) is 13.4. The molecular formula is C13H17NO3. The van der Waals surface area contributed by atoms with Crippen LogP contribution in [-0.4, -0.2) is 22.9 Å². The first-order valence-corrected chi connectivity index (χ1v) is 5.37. The van der Waals surface area contributed by atoms with Crippen molar-refractivity contribution in [3.63, 3.8) is 0 Å². The molecule has 1 unspecified atom stereocenters. The zero-order chi connectivity index (χ0) is 13.3. The van der Waals surface area contributed by atoms with Crippen LogP contribution in [0.25, 0.3) is 0 Å². The summed E-state index contributed by atoms with van der Waals surface area (Å²) in [6.45, 7) is 7.41. The van der Waals surface area contributed by atoms with Crippen LogP contribution in [0.5, 0.6) is 0 Å². The predicted octanol–water partition coefficient (Wildman–Crippen LogP) is 1.51. The lowest BCUT2D eigenvalue weighted by molar-refractivity contribution is -0.137. The Morgan fingerprint density at radius 3 is 1.88 bits per heavy atom. The molecule has 1 atom stereocenters. The van der Waals surface area contributed by atoms with Crippen molar-refractivity contribution in [1.29, 1.82) is 0 Å². The summed E-state index contributed by atoms with van der Waals surface area (Å²) in [7, 11) is 0. The Kier molecular flexibility index (Phi) is 3.68. The van der Waals surface area contributed by atoms with Gasteiger partial charge in [-0.05, 0) is 49.9 Å². The Balaban J connectivity index is 3.41. The Morgan fingerprint density at radius 1 is 1.12 bits per heavy atom. The van der Waals surface area contributed by atoms with Crippen molar-refractivity contribution < 1.29 is 14.7 Å². The molecular weight excluding hydrogens is 218 g/mol. The van der Waals surface area contributed by atoms with Gasteiger partial charge in [0.15, 0.2) is 11.8 Å². The monoisotopic (exact) mass is 235 g/mol. The number of aliphatic carboxylic acids is 1. The highest BCUT2D eigenvalue weighted by Gasteiger charge is 2.26. The largest absolute Gasteiger partial charge is 0.480 e. The van der Waals surface area contributed by atoms with E-state index in [1.165, 1.54) is 0 Å². The van der Waals surface area contributed by atoms with E-state index in [9.17, 15) is 9.59 Å². The number of ketones is 1. The van der Waals surface area contributed by atoms with Gasteiger partial charge in [0, 0.05) is 5.56 Å². The molecule has 1 aromatic rings. The van der Waals surface area contributed by atoms with Crippen molar-refractivity contribution in [3.8, 4) is 0 Å². The van der Waals surface area contributed by atoms with Gasteiger partial charge >= 0.3 is 5.97 Å². The number of aryl methyl sites for hydroxylation is 2. The van der Waals surface area contributed by atoms with Gasteiger partial charge in [0.05, 0.1) is 0 Å². The third-order valence-corrected chi connectivity index (χ3v) is 3.16. The summed E-state index contributed by atoms with van der Waals surface area (Å²) in [6, 6.07) is 0.488. The third-order valence-electron chi connectivity index (χ3n) is 3.16. The number of carbonyl (C=O) groups is 2. The maximum Gasteiger partial charge on any atom is 0.328 e. The SMILES string of the molecule is Cc1cc(C)c(C)c(C(=O)C(N)C(=O)O)c1C. The van der Waals surface area contributed by atoms with Gasteiger partial charge in [-0.1, -0.05) is 6.07 Å². The van der Waals surface area contributed by atoms with E-state index in [-0.39, 0.29) is 0 Å². The second-order valence-electron chi connectivity index (χ2n) is 4.32. The fourth-order valence-electron chi connectivity index (χ4n) is 1.85. The molecule has 4 nitrogen and oxygen atoms in total. The van der Waals surface area contributed by atoms with Crippen LogP contribution < -0.4 is 5.73 Å². The summed E-state index contributed by atoms with van der Waals surface area (Å²) in [5.41, 5.74) is 9.36. The molecule has 0 radical (unpaired) electrons. The molecule has 17 heavy (non-hydrogen) atoms. The number of carbonyl (C=O) groups excluding carboxylic acids is 1. The zero-order valence-electron chi connectivity index (χ0n) is 10.5. The summed E-state index contributed by atoms with van der Waals surface area (Å²) in [4.78, 5) is 22.8. The number of nitrogens with two attached hydrogens (primary N) is 1. The fourth-order valence-corrected chi connectivity index (χ4v) is 1.85. The van der Waals surface area contributed by atoms with E-state index >= 15 is 0 Å². The molecule has 0 saturated carbocycles. The first-order valence-electron chi connectivity index (χ1n) is 5.37. The molecule has 4 heteroatoms. The number of hydrogen-bond acceptors (Lipinski definition) is 3. The van der Waals surface area contributed by atoms with Gasteiger partial charge in [0.2, 0.25) is 0 Å². The number of benzene rings is 1. The molecule has 0 bridgehead atoms. The quantitative estimate of drug-likeness (QED) is 0.614. The summed E-state index contributed by atoms with van der Waals surface area (Å²) in [6.07, 6.45) is 0. The lowest BCUT2D eigenvalue weighted by Gasteiger charge is -2.15. The van der Waals surface area contributed by atoms with Gasteiger partial charge in [-0.15, -0.1) is 0 Å². The molecule has 1 aromatic carbocycles. The molecule has 0 aliphatic rings. The van der Waals surface area contributed by atoms with Gasteiger partial charge < -0.3 is 10.8 Å². The highest BCUT2D eigenvalue weighted by atomic mass is 16.4. The molecule has 0 amide bonds. The van der Waals surface area contributed by atoms with Crippen LogP contribution in [0, 0.1) is 27.7 Å². The van der Waals surface area contributed by atoms with Crippen LogP contribution in [0.2, 0.25) is 0 Å². The molecule has 0 saturated heterocycles. The van der Waals surface area contributed by atoms with Crippen molar-refractivity contribution in [1.82, 2.24) is 0 Å². The molecule has 0 aromatic heterocycles. The third kappa shape index (κ3) is 2.36. The van der Waals surface area contributed by atoms with Crippen molar-refractivity contribution in [2.45, 2.75) is 33.7 Å². The zero-order valence-corrected chi connectivity index (χ0v) is 10.5. The normalized spacial score (nSPS) is 12.3. The maximum absolute atomic E-state index is 12.0. The molecule has 0 aliphatic heterocycles. The average Bonchev–Trinajstić information content (AvgIpc) is 2.25. The fraction of sp³-hybridized carbons (Fsp3) is 0.385. The smallest absolute Gasteiger partial charge is 0.328 e. The van der Waals surface area contributed by atoms with Crippen LogP contribution >= 0.6 is 0 Å². The molecule has 1 rings (SSSR count). The number of hydrogen-bond donors (Lipinski definition) is 2. The Morgan fingerprint density at radius 2 is 1.53 bits per heavy atom. The van der Waals surface area contributed by atoms with Crippen LogP contribution in [0.3, 0.4) is 0 Å². The Hall–Kier alpha value is -1.68. The van der Waals surface area contributed by atoms with Gasteiger partial charge in [0.25, 0.3) is 0 Å². The van der Waals surface area contributed by atoms with Crippen molar-refractivity contribution in [3.05, 3.63) is 33.9 Å². The van der Waals surface area contributed by atoms with Crippen molar-refractivity contribution in [2.24, 2.45) is 5.73 Å². The molecule has 0 spiro atoms. The molecule has 0 heterocycles. The molecule has 3 N–H and O–H groups in total. The van der Waals surface area contributed by atoms with E-state index < -0.39 is 17.8 Å². The predicted molar refractivity (Wildman–Crippen MR) is 65.3 cm³/mol. The van der Waals surface area contributed by atoms with Gasteiger partial charge in [0.1, 0.15) is 0 Å². The number of rotatable bonds is 3. The van der Waals surface area contributed by atoms with Crippen LogP contribution in [0.4, 0.5) is 0 Å². The van der Waals surface area contributed by atoms with Crippen molar-refractivity contribution >= 4 is 11.8 Å². The second kappa shape index (κ2) is 4.67. The van der Waals surface area contributed by atoms with E-state index in [1.54, 1.807) is 0 Å². The van der Waals surface area contributed by atoms with E-state index in [4.69, 9.17) is 10.8 Å². The van der Waals surface area contributed by atoms with E-state index in [2.05, 4.69) is 0 Å². The van der Waals surface area contributed by atoms with Gasteiger partial charge in [-0.3, -0.25) is 9.59 Å². The minimum atomic E-state index is -1.49. The Labute approximate surface area is 100 Å². The van der Waals surface area contributed by atoms with Crippen LogP contribution in [-0.2, 0) is 4.79 Å². The number of Topliss-reactive ketones (excluding diaryl/α,β-unsaturated/α-hetero) is 1. The summed E-state index contributed by atoms with van der Waals surface area (Å²) < 4.78 is 0. The lowest BCUT2D eigenvalue weighted by Crippen LogP contribution is -2.39. The maximum atomic E-state index is 12.0. The average molecular weight is 235 g/mol. The first-order chi connectivity index (χ1) is 7.77. The van der Waals surface area contributed by atoms with E-state index in [1.807, 2.05) is 33.8 Å². The van der Waals surface area contributed by atoms with E-state index in [0.717, 1.165) is 22.3 Å². The standard InChI is InChI=1S/C13H17NO3/c1-6-5-7(2)9(4)10(8(6)3)12(15)11(14)13(16)17/h5,11H,14H2,1-4H3,(H,16,17). The van der Waals surface area contributed by atoms with Crippen LogP contribution in [0.1, 0.15) is 32.6 Å². The highest BCUT2D eigenvalue weighted by molar-refractivity contribution is 6.13. The van der Waals surface area contributed by atoms with Gasteiger partial charge in [-0.25, -0.2) is 0 Å².